The summed E-state index contributed by atoms with van der Waals surface area (Å²) in [4.78, 5) is 16.3. The summed E-state index contributed by atoms with van der Waals surface area (Å²) >= 11 is 0. The quantitative estimate of drug-likeness (QED) is 0.731. The summed E-state index contributed by atoms with van der Waals surface area (Å²) in [5.41, 5.74) is 0.848. The van der Waals surface area contributed by atoms with Gasteiger partial charge in [-0.25, -0.2) is 4.98 Å². The van der Waals surface area contributed by atoms with Gasteiger partial charge in [0, 0.05) is 11.9 Å². The molecular formula is C13H17N3O3. The number of nitrogens with one attached hydrogen (secondary N) is 1. The highest BCUT2D eigenvalue weighted by Gasteiger charge is 2.26. The van der Waals surface area contributed by atoms with E-state index in [0.717, 1.165) is 5.69 Å². The number of hydrogen-bond donors (Lipinski definition) is 3. The summed E-state index contributed by atoms with van der Waals surface area (Å²) in [7, 11) is 0. The number of carbonyl (C=O) groups is 1. The lowest BCUT2D eigenvalue weighted by molar-refractivity contribution is 0.0720. The number of aromatic nitrogens is 2. The number of amides is 1. The first-order chi connectivity index (χ1) is 8.99. The van der Waals surface area contributed by atoms with Crippen LogP contribution in [0.2, 0.25) is 0 Å². The Morgan fingerprint density at radius 1 is 1.42 bits per heavy atom. The van der Waals surface area contributed by atoms with Crippen molar-refractivity contribution in [3.63, 3.8) is 0 Å². The van der Waals surface area contributed by atoms with E-state index in [1.165, 1.54) is 0 Å². The predicted octanol–water partition coefficient (Wildman–Crippen LogP) is 0.116. The zero-order valence-corrected chi connectivity index (χ0v) is 10.9. The Hall–Kier alpha value is -1.92. The monoisotopic (exact) mass is 263 g/mol. The van der Waals surface area contributed by atoms with Crippen LogP contribution in [0, 0.1) is 6.92 Å². The van der Waals surface area contributed by atoms with E-state index < -0.39 is 11.4 Å². The van der Waals surface area contributed by atoms with Gasteiger partial charge in [-0.3, -0.25) is 4.79 Å². The SMILES string of the molecule is Cc1cccc2nc(C(=O)NC(C)(CO)CO)cn12. The topological polar surface area (TPSA) is 86.9 Å². The highest BCUT2D eigenvalue weighted by atomic mass is 16.3. The summed E-state index contributed by atoms with van der Waals surface area (Å²) < 4.78 is 1.81. The first kappa shape index (κ1) is 13.5. The number of hydrogen-bond acceptors (Lipinski definition) is 4. The number of pyridine rings is 1. The van der Waals surface area contributed by atoms with Gasteiger partial charge in [0.2, 0.25) is 0 Å². The molecule has 102 valence electrons. The summed E-state index contributed by atoms with van der Waals surface area (Å²) in [6.07, 6.45) is 1.63. The molecule has 1 amide bonds. The molecule has 6 nitrogen and oxygen atoms in total. The summed E-state index contributed by atoms with van der Waals surface area (Å²) in [6, 6.07) is 5.59. The average molecular weight is 263 g/mol. The van der Waals surface area contributed by atoms with E-state index in [1.54, 1.807) is 19.2 Å². The Kier molecular flexibility index (Phi) is 3.55. The fraction of sp³-hybridized carbons (Fsp3) is 0.385. The molecule has 0 aromatic carbocycles. The van der Waals surface area contributed by atoms with E-state index in [-0.39, 0.29) is 18.9 Å². The molecule has 2 heterocycles. The number of aliphatic hydroxyl groups is 2. The molecule has 2 aromatic rings. The number of rotatable bonds is 4. The van der Waals surface area contributed by atoms with Crippen LogP contribution in [0.25, 0.3) is 5.65 Å². The molecule has 19 heavy (non-hydrogen) atoms. The van der Waals surface area contributed by atoms with Crippen LogP contribution in [-0.2, 0) is 0 Å². The van der Waals surface area contributed by atoms with Crippen LogP contribution in [0.1, 0.15) is 23.1 Å². The third-order valence-corrected chi connectivity index (χ3v) is 3.04. The van der Waals surface area contributed by atoms with Gasteiger partial charge in [0.25, 0.3) is 5.91 Å². The van der Waals surface area contributed by atoms with Gasteiger partial charge in [-0.05, 0) is 26.0 Å². The molecule has 0 spiro atoms. The Morgan fingerprint density at radius 3 is 2.68 bits per heavy atom. The van der Waals surface area contributed by atoms with Crippen molar-refractivity contribution in [2.75, 3.05) is 13.2 Å². The number of fused-ring (bicyclic) bond motifs is 1. The van der Waals surface area contributed by atoms with Crippen LogP contribution >= 0.6 is 0 Å². The molecule has 6 heteroatoms. The van der Waals surface area contributed by atoms with E-state index in [0.29, 0.717) is 5.65 Å². The number of imidazole rings is 1. The lowest BCUT2D eigenvalue weighted by Crippen LogP contribution is -2.51. The molecule has 0 bridgehead atoms. The van der Waals surface area contributed by atoms with Crippen molar-refractivity contribution in [1.82, 2.24) is 14.7 Å². The molecular weight excluding hydrogens is 246 g/mol. The molecule has 0 aliphatic heterocycles. The number of aryl methyl sites for hydroxylation is 1. The largest absolute Gasteiger partial charge is 0.394 e. The van der Waals surface area contributed by atoms with Crippen molar-refractivity contribution in [2.45, 2.75) is 19.4 Å². The van der Waals surface area contributed by atoms with Gasteiger partial charge in [0.05, 0.1) is 18.8 Å². The first-order valence-electron chi connectivity index (χ1n) is 5.98. The van der Waals surface area contributed by atoms with Gasteiger partial charge in [-0.15, -0.1) is 0 Å². The summed E-state index contributed by atoms with van der Waals surface area (Å²) in [6.45, 7) is 2.79. The Balaban J connectivity index is 2.30. The Labute approximate surface area is 110 Å². The first-order valence-corrected chi connectivity index (χ1v) is 5.98. The molecule has 0 unspecified atom stereocenters. The fourth-order valence-electron chi connectivity index (χ4n) is 1.72. The molecule has 2 aromatic heterocycles. The van der Waals surface area contributed by atoms with Crippen molar-refractivity contribution in [3.8, 4) is 0 Å². The van der Waals surface area contributed by atoms with Crippen LogP contribution in [0.5, 0.6) is 0 Å². The Morgan fingerprint density at radius 2 is 2.11 bits per heavy atom. The summed E-state index contributed by atoms with van der Waals surface area (Å²) in [5.74, 6) is -0.422. The van der Waals surface area contributed by atoms with Crippen molar-refractivity contribution >= 4 is 11.6 Å². The second kappa shape index (κ2) is 4.99. The molecule has 0 fully saturated rings. The lowest BCUT2D eigenvalue weighted by atomic mass is 10.1. The summed E-state index contributed by atoms with van der Waals surface area (Å²) in [5, 5.41) is 20.9. The molecule has 0 atom stereocenters. The van der Waals surface area contributed by atoms with E-state index in [9.17, 15) is 4.79 Å². The minimum Gasteiger partial charge on any atom is -0.394 e. The normalized spacial score (nSPS) is 11.8. The molecule has 0 radical (unpaired) electrons. The Bertz CT molecular complexity index is 602. The third-order valence-electron chi connectivity index (χ3n) is 3.04. The van der Waals surface area contributed by atoms with Crippen LogP contribution in [0.4, 0.5) is 0 Å². The molecule has 0 saturated heterocycles. The third kappa shape index (κ3) is 2.59. The maximum Gasteiger partial charge on any atom is 0.272 e. The molecule has 0 saturated carbocycles. The maximum atomic E-state index is 12.0. The zero-order valence-electron chi connectivity index (χ0n) is 10.9. The van der Waals surface area contributed by atoms with Gasteiger partial charge in [0.15, 0.2) is 0 Å². The fourth-order valence-corrected chi connectivity index (χ4v) is 1.72. The average Bonchev–Trinajstić information content (AvgIpc) is 2.84. The van der Waals surface area contributed by atoms with Crippen molar-refractivity contribution in [3.05, 3.63) is 35.8 Å². The van der Waals surface area contributed by atoms with Crippen molar-refractivity contribution < 1.29 is 15.0 Å². The predicted molar refractivity (Wildman–Crippen MR) is 70.0 cm³/mol. The maximum absolute atomic E-state index is 12.0. The number of carbonyl (C=O) groups excluding carboxylic acids is 1. The van der Waals surface area contributed by atoms with Crippen LogP contribution in [-0.4, -0.2) is 44.3 Å². The van der Waals surface area contributed by atoms with E-state index in [2.05, 4.69) is 10.3 Å². The van der Waals surface area contributed by atoms with Crippen molar-refractivity contribution in [2.24, 2.45) is 0 Å². The van der Waals surface area contributed by atoms with Crippen LogP contribution < -0.4 is 5.32 Å². The molecule has 0 aliphatic rings. The lowest BCUT2D eigenvalue weighted by Gasteiger charge is -2.25. The van der Waals surface area contributed by atoms with E-state index >= 15 is 0 Å². The zero-order chi connectivity index (χ0) is 14.0. The number of aliphatic hydroxyl groups excluding tert-OH is 2. The van der Waals surface area contributed by atoms with Gasteiger partial charge in [-0.1, -0.05) is 6.07 Å². The second-order valence-electron chi connectivity index (χ2n) is 4.85. The van der Waals surface area contributed by atoms with Crippen LogP contribution in [0.3, 0.4) is 0 Å². The highest BCUT2D eigenvalue weighted by molar-refractivity contribution is 5.93. The van der Waals surface area contributed by atoms with Crippen LogP contribution in [0.15, 0.2) is 24.4 Å². The standard InChI is InChI=1S/C13H17N3O3/c1-9-4-3-5-11-14-10(6-16(9)11)12(19)15-13(2,7-17)8-18/h3-6,17-18H,7-8H2,1-2H3,(H,15,19). The molecule has 2 rings (SSSR count). The minimum absolute atomic E-state index is 0.252. The minimum atomic E-state index is -1.05. The van der Waals surface area contributed by atoms with Gasteiger partial charge < -0.3 is 19.9 Å². The van der Waals surface area contributed by atoms with Gasteiger partial charge in [-0.2, -0.15) is 0 Å². The van der Waals surface area contributed by atoms with Crippen molar-refractivity contribution in [1.29, 1.82) is 0 Å². The highest BCUT2D eigenvalue weighted by Crippen LogP contribution is 2.10. The van der Waals surface area contributed by atoms with Gasteiger partial charge >= 0.3 is 0 Å². The van der Waals surface area contributed by atoms with Gasteiger partial charge in [0.1, 0.15) is 11.3 Å². The smallest absolute Gasteiger partial charge is 0.272 e. The van der Waals surface area contributed by atoms with E-state index in [1.807, 2.05) is 23.5 Å². The van der Waals surface area contributed by atoms with E-state index in [4.69, 9.17) is 10.2 Å². The second-order valence-corrected chi connectivity index (χ2v) is 4.85. The number of nitrogens with zero attached hydrogens (tertiary/aromatic N) is 2. The molecule has 3 N–H and O–H groups in total. The molecule has 0 aliphatic carbocycles.